The summed E-state index contributed by atoms with van der Waals surface area (Å²) in [6.07, 6.45) is 0.656. The summed E-state index contributed by atoms with van der Waals surface area (Å²) in [5.41, 5.74) is 1.61. The van der Waals surface area contributed by atoms with Crippen molar-refractivity contribution in [3.05, 3.63) is 94.8 Å². The summed E-state index contributed by atoms with van der Waals surface area (Å²) in [5, 5.41) is 10.4. The van der Waals surface area contributed by atoms with Crippen LogP contribution in [0.3, 0.4) is 0 Å². The lowest BCUT2D eigenvalue weighted by atomic mass is 10.0. The second-order valence-corrected chi connectivity index (χ2v) is 11.0. The maximum absolute atomic E-state index is 13.2. The number of hydrogen-bond donors (Lipinski definition) is 2. The summed E-state index contributed by atoms with van der Waals surface area (Å²) in [6.45, 7) is 1.02. The van der Waals surface area contributed by atoms with Gasteiger partial charge < -0.3 is 14.2 Å². The van der Waals surface area contributed by atoms with Gasteiger partial charge in [0.25, 0.3) is 15.9 Å². The molecule has 1 heterocycles. The Morgan fingerprint density at radius 3 is 2.56 bits per heavy atom. The highest BCUT2D eigenvalue weighted by Crippen LogP contribution is 2.25. The average Bonchev–Trinajstić information content (AvgIpc) is 3.40. The molecule has 1 amide bonds. The van der Waals surface area contributed by atoms with Crippen molar-refractivity contribution in [1.82, 2.24) is 10.0 Å². The van der Waals surface area contributed by atoms with Crippen LogP contribution in [0.15, 0.2) is 77.7 Å². The molecule has 12 heteroatoms. The first kappa shape index (κ1) is 28.9. The second kappa shape index (κ2) is 13.3. The first-order valence-electron chi connectivity index (χ1n) is 12.2. The minimum Gasteiger partial charge on any atom is -0.489 e. The molecular formula is C27H28ClFN2O7S. The number of hydrazine groups is 1. The van der Waals surface area contributed by atoms with Gasteiger partial charge in [0.2, 0.25) is 0 Å². The predicted molar refractivity (Wildman–Crippen MR) is 140 cm³/mol. The zero-order chi connectivity index (χ0) is 27.8. The van der Waals surface area contributed by atoms with Crippen molar-refractivity contribution in [1.29, 1.82) is 0 Å². The summed E-state index contributed by atoms with van der Waals surface area (Å²) < 4.78 is 55.4. The van der Waals surface area contributed by atoms with Crippen LogP contribution in [0.2, 0.25) is 5.02 Å². The molecule has 1 fully saturated rings. The molecule has 3 aromatic carbocycles. The van der Waals surface area contributed by atoms with Gasteiger partial charge in [-0.25, -0.2) is 12.8 Å². The van der Waals surface area contributed by atoms with E-state index in [4.69, 9.17) is 25.8 Å². The number of benzene rings is 3. The lowest BCUT2D eigenvalue weighted by Crippen LogP contribution is -2.46. The van der Waals surface area contributed by atoms with Crippen LogP contribution in [0.4, 0.5) is 4.39 Å². The van der Waals surface area contributed by atoms with Crippen molar-refractivity contribution in [2.24, 2.45) is 5.92 Å². The summed E-state index contributed by atoms with van der Waals surface area (Å²) in [6, 6.07) is 19.0. The normalized spacial score (nSPS) is 17.2. The monoisotopic (exact) mass is 578 g/mol. The van der Waals surface area contributed by atoms with Crippen LogP contribution in [-0.4, -0.2) is 44.0 Å². The minimum atomic E-state index is -4.26. The standard InChI is InChI=1S/C27H28ClFN2O7S/c28-26-15-22(29)7-6-20(26)17-37-23-8-10-25(11-9-23)39(34,35)30-31(33)27(32)21-14-24(38-18-21)12-13-36-16-19-4-2-1-3-5-19/h1-11,15,21,24,30,33H,12-14,16-18H2. The number of halogens is 2. The van der Waals surface area contributed by atoms with Gasteiger partial charge in [-0.3, -0.25) is 10.0 Å². The molecule has 1 aliphatic heterocycles. The summed E-state index contributed by atoms with van der Waals surface area (Å²) in [7, 11) is -4.26. The third kappa shape index (κ3) is 8.21. The first-order valence-corrected chi connectivity index (χ1v) is 14.0. The Kier molecular flexibility index (Phi) is 9.89. The number of nitrogens with one attached hydrogen (secondary N) is 1. The Hall–Kier alpha value is -3.06. The minimum absolute atomic E-state index is 0.0153. The number of ether oxygens (including phenoxy) is 3. The van der Waals surface area contributed by atoms with E-state index in [9.17, 15) is 22.8 Å². The third-order valence-electron chi connectivity index (χ3n) is 6.08. The van der Waals surface area contributed by atoms with Crippen LogP contribution in [0.1, 0.15) is 24.0 Å². The zero-order valence-corrected chi connectivity index (χ0v) is 22.4. The van der Waals surface area contributed by atoms with Crippen LogP contribution in [-0.2, 0) is 37.5 Å². The van der Waals surface area contributed by atoms with Crippen molar-refractivity contribution in [3.63, 3.8) is 0 Å². The predicted octanol–water partition coefficient (Wildman–Crippen LogP) is 4.48. The van der Waals surface area contributed by atoms with E-state index in [1.54, 1.807) is 0 Å². The summed E-state index contributed by atoms with van der Waals surface area (Å²) in [4.78, 5) is 14.3. The maximum atomic E-state index is 13.2. The Balaban J connectivity index is 1.22. The molecular weight excluding hydrogens is 551 g/mol. The van der Waals surface area contributed by atoms with Gasteiger partial charge in [-0.1, -0.05) is 52.8 Å². The van der Waals surface area contributed by atoms with Gasteiger partial charge in [0.1, 0.15) is 18.2 Å². The molecule has 0 aromatic heterocycles. The molecule has 0 aliphatic carbocycles. The summed E-state index contributed by atoms with van der Waals surface area (Å²) in [5.74, 6) is -1.65. The molecule has 2 N–H and O–H groups in total. The third-order valence-corrected chi connectivity index (χ3v) is 7.74. The number of rotatable bonds is 12. The fraction of sp³-hybridized carbons (Fsp3) is 0.296. The molecule has 2 unspecified atom stereocenters. The number of hydrogen-bond acceptors (Lipinski definition) is 7. The highest BCUT2D eigenvalue weighted by atomic mass is 35.5. The van der Waals surface area contributed by atoms with Gasteiger partial charge in [-0.2, -0.15) is 0 Å². The number of hydroxylamine groups is 1. The van der Waals surface area contributed by atoms with E-state index in [0.717, 1.165) is 5.56 Å². The number of carbonyl (C=O) groups is 1. The van der Waals surface area contributed by atoms with Gasteiger partial charge in [0, 0.05) is 12.2 Å². The fourth-order valence-electron chi connectivity index (χ4n) is 3.96. The smallest absolute Gasteiger partial charge is 0.267 e. The highest BCUT2D eigenvalue weighted by Gasteiger charge is 2.35. The molecule has 0 saturated carbocycles. The maximum Gasteiger partial charge on any atom is 0.267 e. The molecule has 39 heavy (non-hydrogen) atoms. The molecule has 0 spiro atoms. The van der Waals surface area contributed by atoms with Gasteiger partial charge >= 0.3 is 0 Å². The molecule has 0 radical (unpaired) electrons. The number of sulfonamides is 1. The molecule has 0 bridgehead atoms. The van der Waals surface area contributed by atoms with Crippen LogP contribution >= 0.6 is 11.6 Å². The Morgan fingerprint density at radius 1 is 1.10 bits per heavy atom. The van der Waals surface area contributed by atoms with Crippen molar-refractivity contribution in [2.45, 2.75) is 37.1 Å². The largest absolute Gasteiger partial charge is 0.489 e. The first-order chi connectivity index (χ1) is 18.7. The molecule has 208 valence electrons. The van der Waals surface area contributed by atoms with Crippen molar-refractivity contribution in [3.8, 4) is 5.75 Å². The second-order valence-electron chi connectivity index (χ2n) is 8.96. The quantitative estimate of drug-likeness (QED) is 0.185. The van der Waals surface area contributed by atoms with E-state index in [2.05, 4.69) is 0 Å². The Labute approximate surface area is 231 Å². The van der Waals surface area contributed by atoms with E-state index in [-0.39, 0.29) is 34.4 Å². The van der Waals surface area contributed by atoms with E-state index in [1.807, 2.05) is 35.2 Å². The van der Waals surface area contributed by atoms with Crippen LogP contribution in [0.25, 0.3) is 0 Å². The molecule has 9 nitrogen and oxygen atoms in total. The van der Waals surface area contributed by atoms with Crippen molar-refractivity contribution < 1.29 is 37.0 Å². The molecule has 3 aromatic rings. The molecule has 1 saturated heterocycles. The van der Waals surface area contributed by atoms with Crippen molar-refractivity contribution in [2.75, 3.05) is 13.2 Å². The Morgan fingerprint density at radius 2 is 1.85 bits per heavy atom. The number of nitrogens with zero attached hydrogens (tertiary/aromatic N) is 1. The van der Waals surface area contributed by atoms with E-state index in [1.165, 1.54) is 42.5 Å². The number of carbonyl (C=O) groups excluding carboxylic acids is 1. The average molecular weight is 579 g/mol. The van der Waals surface area contributed by atoms with E-state index >= 15 is 0 Å². The Bertz CT molecular complexity index is 1360. The van der Waals surface area contributed by atoms with Crippen molar-refractivity contribution >= 4 is 27.5 Å². The zero-order valence-electron chi connectivity index (χ0n) is 20.8. The SMILES string of the molecule is O=C(C1COC(CCOCc2ccccc2)C1)N(O)NS(=O)(=O)c1ccc(OCc2ccc(F)cc2Cl)cc1. The lowest BCUT2D eigenvalue weighted by Gasteiger charge is -2.19. The van der Waals surface area contributed by atoms with Crippen LogP contribution in [0.5, 0.6) is 5.75 Å². The van der Waals surface area contributed by atoms with E-state index < -0.39 is 27.7 Å². The lowest BCUT2D eigenvalue weighted by molar-refractivity contribution is -0.177. The van der Waals surface area contributed by atoms with E-state index in [0.29, 0.717) is 37.4 Å². The topological polar surface area (TPSA) is 114 Å². The van der Waals surface area contributed by atoms with Gasteiger partial charge in [0.15, 0.2) is 0 Å². The molecule has 1 aliphatic rings. The fourth-order valence-corrected chi connectivity index (χ4v) is 5.10. The highest BCUT2D eigenvalue weighted by molar-refractivity contribution is 7.89. The van der Waals surface area contributed by atoms with Gasteiger partial charge in [-0.15, -0.1) is 5.17 Å². The van der Waals surface area contributed by atoms with Gasteiger partial charge in [0.05, 0.1) is 35.2 Å². The van der Waals surface area contributed by atoms with Crippen LogP contribution in [0, 0.1) is 11.7 Å². The summed E-state index contributed by atoms with van der Waals surface area (Å²) >= 11 is 5.98. The van der Waals surface area contributed by atoms with Gasteiger partial charge in [-0.05, 0) is 54.8 Å². The van der Waals surface area contributed by atoms with Crippen LogP contribution < -0.4 is 9.57 Å². The number of amides is 1. The molecule has 2 atom stereocenters. The molecule has 4 rings (SSSR count).